The van der Waals surface area contributed by atoms with E-state index in [2.05, 4.69) is 54.6 Å². The molecule has 3 rings (SSSR count). The van der Waals surface area contributed by atoms with Crippen molar-refractivity contribution in [2.24, 2.45) is 5.22 Å². The lowest BCUT2D eigenvalue weighted by Gasteiger charge is -2.01. The van der Waals surface area contributed by atoms with Crippen LogP contribution in [0.15, 0.2) is 47.7 Å². The van der Waals surface area contributed by atoms with E-state index in [1.807, 2.05) is 5.12 Å². The number of anilines is 1. The molecular formula is C22H32N3O+. The summed E-state index contributed by atoms with van der Waals surface area (Å²) in [6, 6.07) is 14.6. The molecule has 4 heteroatoms. The van der Waals surface area contributed by atoms with Crippen molar-refractivity contribution in [1.82, 2.24) is 0 Å². The molecule has 0 N–H and O–H groups in total. The Bertz CT molecular complexity index is 708. The van der Waals surface area contributed by atoms with Gasteiger partial charge in [-0.1, -0.05) is 94.7 Å². The van der Waals surface area contributed by atoms with Gasteiger partial charge < -0.3 is 4.84 Å². The summed E-state index contributed by atoms with van der Waals surface area (Å²) in [5, 5.41) is 8.56. The van der Waals surface area contributed by atoms with E-state index in [0.29, 0.717) is 0 Å². The second-order valence-corrected chi connectivity index (χ2v) is 7.15. The van der Waals surface area contributed by atoms with Crippen LogP contribution in [0.1, 0.15) is 71.1 Å². The molecule has 0 aromatic heterocycles. The maximum atomic E-state index is 5.73. The number of hydrogen-bond donors (Lipinski definition) is 0. The lowest BCUT2D eigenvalue weighted by molar-refractivity contribution is -0.753. The average Bonchev–Trinajstić information content (AvgIpc) is 3.45. The summed E-state index contributed by atoms with van der Waals surface area (Å²) in [6.07, 6.45) is 13.4. The minimum absolute atomic E-state index is 0.737. The van der Waals surface area contributed by atoms with Crippen LogP contribution in [-0.4, -0.2) is 11.6 Å². The summed E-state index contributed by atoms with van der Waals surface area (Å²) in [5.41, 5.74) is 1.08. The third-order valence-electron chi connectivity index (χ3n) is 4.98. The van der Waals surface area contributed by atoms with Crippen molar-refractivity contribution in [1.29, 1.82) is 0 Å². The summed E-state index contributed by atoms with van der Waals surface area (Å²) in [5.74, 6) is 0. The first kappa shape index (κ1) is 18.7. The number of hydrogen-bond acceptors (Lipinski definition) is 3. The van der Waals surface area contributed by atoms with E-state index >= 15 is 0 Å². The minimum Gasteiger partial charge on any atom is -0.300 e. The van der Waals surface area contributed by atoms with E-state index in [9.17, 15) is 0 Å². The van der Waals surface area contributed by atoms with E-state index in [1.54, 1.807) is 4.97 Å². The highest BCUT2D eigenvalue weighted by Gasteiger charge is 2.44. The Kier molecular flexibility index (Phi) is 7.29. The Labute approximate surface area is 157 Å². The molecule has 0 aliphatic carbocycles. The molecule has 0 spiro atoms. The van der Waals surface area contributed by atoms with Gasteiger partial charge in [-0.3, -0.25) is 0 Å². The highest BCUT2D eigenvalue weighted by atomic mass is 16.8. The van der Waals surface area contributed by atoms with Gasteiger partial charge >= 0.3 is 0 Å². The number of nitrogens with zero attached hydrogens (tertiary/aromatic N) is 3. The normalized spacial score (nSPS) is 13.1. The van der Waals surface area contributed by atoms with E-state index in [1.165, 1.54) is 68.6 Å². The fourth-order valence-corrected chi connectivity index (χ4v) is 3.39. The molecule has 0 bridgehead atoms. The number of rotatable bonds is 13. The fraction of sp³-hybridized carbons (Fsp3) is 0.545. The largest absolute Gasteiger partial charge is 0.300 e. The zero-order chi connectivity index (χ0) is 18.0. The summed E-state index contributed by atoms with van der Waals surface area (Å²) < 4.78 is 0. The molecule has 1 aliphatic rings. The number of hydrazine groups is 1. The van der Waals surface area contributed by atoms with Crippen molar-refractivity contribution in [3.63, 3.8) is 0 Å². The maximum Gasteiger partial charge on any atom is 0.288 e. The molecule has 2 aromatic carbocycles. The van der Waals surface area contributed by atoms with Crippen LogP contribution in [-0.2, 0) is 4.84 Å². The van der Waals surface area contributed by atoms with E-state index in [-0.39, 0.29) is 0 Å². The summed E-state index contributed by atoms with van der Waals surface area (Å²) in [6.45, 7) is 3.01. The molecule has 2 aromatic rings. The number of unbranched alkanes of at least 4 members (excludes halogenated alkanes) is 9. The molecule has 0 unspecified atom stereocenters. The highest BCUT2D eigenvalue weighted by Crippen LogP contribution is 2.31. The zero-order valence-corrected chi connectivity index (χ0v) is 16.1. The van der Waals surface area contributed by atoms with Crippen LogP contribution in [0, 0.1) is 0 Å². The zero-order valence-electron chi connectivity index (χ0n) is 16.1. The first-order valence-corrected chi connectivity index (χ1v) is 10.3. The molecule has 0 saturated heterocycles. The minimum atomic E-state index is 0.737. The quantitative estimate of drug-likeness (QED) is 0.292. The van der Waals surface area contributed by atoms with Crippen molar-refractivity contribution >= 4 is 16.5 Å². The van der Waals surface area contributed by atoms with Gasteiger partial charge in [0.15, 0.2) is 5.69 Å². The van der Waals surface area contributed by atoms with Crippen LogP contribution in [0.5, 0.6) is 0 Å². The summed E-state index contributed by atoms with van der Waals surface area (Å²) >= 11 is 0. The van der Waals surface area contributed by atoms with Gasteiger partial charge in [-0.2, -0.15) is 0 Å². The predicted molar refractivity (Wildman–Crippen MR) is 107 cm³/mol. The standard InChI is InChI=1S/C22H32N3O/c1-2-3-4-5-6-7-8-9-10-13-19-26-25-23-24(25)22-18-14-16-20-15-11-12-17-21(20)22/h11-12,14-18H,2-10,13,19H2,1H3/q+1. The van der Waals surface area contributed by atoms with Crippen LogP contribution in [0.25, 0.3) is 10.8 Å². The van der Waals surface area contributed by atoms with Crippen LogP contribution in [0.4, 0.5) is 5.69 Å². The second-order valence-electron chi connectivity index (χ2n) is 7.15. The summed E-state index contributed by atoms with van der Waals surface area (Å²) in [4.78, 5) is 7.34. The molecule has 1 aliphatic heterocycles. The molecule has 26 heavy (non-hydrogen) atoms. The summed E-state index contributed by atoms with van der Waals surface area (Å²) in [7, 11) is 0. The monoisotopic (exact) mass is 354 g/mol. The highest BCUT2D eigenvalue weighted by molar-refractivity contribution is 5.93. The van der Waals surface area contributed by atoms with Crippen LogP contribution in [0.3, 0.4) is 0 Å². The van der Waals surface area contributed by atoms with Gasteiger partial charge in [0.05, 0.1) is 0 Å². The second kappa shape index (κ2) is 10.1. The van der Waals surface area contributed by atoms with Gasteiger partial charge in [0.2, 0.25) is 0 Å². The van der Waals surface area contributed by atoms with Crippen molar-refractivity contribution in [2.45, 2.75) is 71.1 Å². The molecule has 0 fully saturated rings. The van der Waals surface area contributed by atoms with E-state index < -0.39 is 0 Å². The third kappa shape index (κ3) is 5.45. The first-order valence-electron chi connectivity index (χ1n) is 10.3. The number of fused-ring (bicyclic) bond motifs is 1. The molecule has 1 heterocycles. The molecule has 140 valence electrons. The Hall–Kier alpha value is -2.10. The van der Waals surface area contributed by atoms with Gasteiger partial charge in [-0.05, 0) is 24.3 Å². The van der Waals surface area contributed by atoms with Crippen molar-refractivity contribution in [2.75, 3.05) is 11.7 Å². The first-order chi connectivity index (χ1) is 12.9. The lowest BCUT2D eigenvalue weighted by atomic mass is 10.1. The molecule has 0 radical (unpaired) electrons. The SMILES string of the molecule is CCCCCCCCCCCCO[N+]1=NN1c1cccc2ccccc12. The maximum absolute atomic E-state index is 5.73. The topological polar surface area (TPSA) is 27.6 Å². The Balaban J connectivity index is 1.25. The van der Waals surface area contributed by atoms with Crippen molar-refractivity contribution in [3.8, 4) is 0 Å². The van der Waals surface area contributed by atoms with Crippen LogP contribution < -0.4 is 5.12 Å². The van der Waals surface area contributed by atoms with E-state index in [0.717, 1.165) is 18.7 Å². The molecule has 0 saturated carbocycles. The van der Waals surface area contributed by atoms with Gasteiger partial charge in [0.1, 0.15) is 11.7 Å². The van der Waals surface area contributed by atoms with Crippen molar-refractivity contribution < 1.29 is 9.81 Å². The Morgan fingerprint density at radius 1 is 0.808 bits per heavy atom. The lowest BCUT2D eigenvalue weighted by Crippen LogP contribution is -2.10. The van der Waals surface area contributed by atoms with Gasteiger partial charge in [-0.15, -0.1) is 0 Å². The third-order valence-corrected chi connectivity index (χ3v) is 4.98. The molecular weight excluding hydrogens is 322 g/mol. The van der Waals surface area contributed by atoms with Crippen molar-refractivity contribution in [3.05, 3.63) is 42.5 Å². The van der Waals surface area contributed by atoms with Gasteiger partial charge in [0.25, 0.3) is 10.2 Å². The van der Waals surface area contributed by atoms with Gasteiger partial charge in [0, 0.05) is 5.39 Å². The molecule has 4 nitrogen and oxygen atoms in total. The van der Waals surface area contributed by atoms with Gasteiger partial charge in [-0.25, -0.2) is 0 Å². The molecule has 0 amide bonds. The fourth-order valence-electron chi connectivity index (χ4n) is 3.39. The Morgan fingerprint density at radius 2 is 1.46 bits per heavy atom. The van der Waals surface area contributed by atoms with Crippen LogP contribution in [0.2, 0.25) is 0 Å². The predicted octanol–water partition coefficient (Wildman–Crippen LogP) is 6.81. The molecule has 0 atom stereocenters. The smallest absolute Gasteiger partial charge is 0.288 e. The number of benzene rings is 2. The Morgan fingerprint density at radius 3 is 2.23 bits per heavy atom. The average molecular weight is 355 g/mol. The van der Waals surface area contributed by atoms with E-state index in [4.69, 9.17) is 4.84 Å². The van der Waals surface area contributed by atoms with Crippen LogP contribution >= 0.6 is 0 Å².